The van der Waals surface area contributed by atoms with E-state index in [1.165, 1.54) is 69.8 Å². The molecule has 3 rings (SSSR count). The Kier molecular flexibility index (Phi) is 9.77. The normalized spacial score (nSPS) is 16.9. The fraction of sp³-hybridized carbons (Fsp3) is 0.586. The second kappa shape index (κ2) is 12.8. The number of carbonyl (C=O) groups is 1. The zero-order valence-electron chi connectivity index (χ0n) is 20.8. The monoisotopic (exact) mass is 449 g/mol. The number of nitrogens with one attached hydrogen (secondary N) is 1. The third-order valence-electron chi connectivity index (χ3n) is 7.65. The smallest absolute Gasteiger partial charge is 0.230 e. The molecule has 2 aromatic rings. The van der Waals surface area contributed by atoms with Crippen LogP contribution in [0.4, 0.5) is 5.95 Å². The van der Waals surface area contributed by atoms with E-state index in [2.05, 4.69) is 65.6 Å². The highest BCUT2D eigenvalue weighted by Crippen LogP contribution is 2.51. The Morgan fingerprint density at radius 2 is 1.94 bits per heavy atom. The molecule has 1 N–H and O–H groups in total. The van der Waals surface area contributed by atoms with E-state index in [9.17, 15) is 4.79 Å². The van der Waals surface area contributed by atoms with Gasteiger partial charge in [-0.15, -0.1) is 6.58 Å². The van der Waals surface area contributed by atoms with Gasteiger partial charge >= 0.3 is 0 Å². The maximum Gasteiger partial charge on any atom is 0.230 e. The quantitative estimate of drug-likeness (QED) is 0.239. The van der Waals surface area contributed by atoms with E-state index in [1.807, 2.05) is 12.4 Å². The molecule has 1 aliphatic carbocycles. The molecule has 1 aromatic heterocycles. The number of hydrogen-bond acceptors (Lipinski definition) is 2. The molecule has 0 radical (unpaired) electrons. The summed E-state index contributed by atoms with van der Waals surface area (Å²) in [5, 5.41) is 3.02. The van der Waals surface area contributed by atoms with Gasteiger partial charge in [-0.3, -0.25) is 10.1 Å². The van der Waals surface area contributed by atoms with Crippen molar-refractivity contribution >= 4 is 11.9 Å². The van der Waals surface area contributed by atoms with Crippen LogP contribution < -0.4 is 5.32 Å². The number of benzene rings is 1. The highest BCUT2D eigenvalue weighted by Gasteiger charge is 2.47. The molecule has 33 heavy (non-hydrogen) atoms. The summed E-state index contributed by atoms with van der Waals surface area (Å²) >= 11 is 0. The molecule has 1 aromatic carbocycles. The number of carbonyl (C=O) groups excluding carboxylic acids is 1. The van der Waals surface area contributed by atoms with Gasteiger partial charge in [-0.05, 0) is 43.1 Å². The molecule has 1 amide bonds. The summed E-state index contributed by atoms with van der Waals surface area (Å²) in [6.45, 7) is 9.18. The van der Waals surface area contributed by atoms with E-state index in [1.54, 1.807) is 6.08 Å². The lowest BCUT2D eigenvalue weighted by Crippen LogP contribution is -2.45. The lowest BCUT2D eigenvalue weighted by Gasteiger charge is -2.47. The van der Waals surface area contributed by atoms with Crippen molar-refractivity contribution in [3.05, 3.63) is 60.9 Å². The summed E-state index contributed by atoms with van der Waals surface area (Å²) in [7, 11) is 0. The van der Waals surface area contributed by atoms with Crippen LogP contribution in [0.3, 0.4) is 0 Å². The van der Waals surface area contributed by atoms with Gasteiger partial charge in [-0.1, -0.05) is 88.8 Å². The zero-order chi connectivity index (χ0) is 23.5. The van der Waals surface area contributed by atoms with Crippen molar-refractivity contribution in [1.29, 1.82) is 0 Å². The Morgan fingerprint density at radius 1 is 1.18 bits per heavy atom. The van der Waals surface area contributed by atoms with Gasteiger partial charge in [0, 0.05) is 30.8 Å². The minimum Gasteiger partial charge on any atom is -0.316 e. The lowest BCUT2D eigenvalue weighted by molar-refractivity contribution is -0.115. The van der Waals surface area contributed by atoms with E-state index in [4.69, 9.17) is 0 Å². The van der Waals surface area contributed by atoms with E-state index in [-0.39, 0.29) is 11.3 Å². The molecule has 4 heteroatoms. The summed E-state index contributed by atoms with van der Waals surface area (Å²) in [5.74, 6) is 1.86. The number of anilines is 1. The number of nitrogens with zero attached hydrogens (tertiary/aromatic N) is 2. The van der Waals surface area contributed by atoms with Crippen LogP contribution in [0.25, 0.3) is 0 Å². The first kappa shape index (κ1) is 25.3. The SMILES string of the molecule is C=CCC(=O)Nc1nccn1C[C@@](c1ccccc1)(C(CCC)CCCCC)C1CCCC1. The molecule has 1 aliphatic rings. The standard InChI is InChI=1S/C29H43N3O/c1-4-7-9-16-24(14-5-2)29(26-19-12-13-20-26,25-17-10-8-11-18-25)23-32-22-21-30-28(32)31-27(33)15-6-3/h6,8,10-11,17-18,21-22,24,26H,3-5,7,9,12-16,19-20,23H2,1-2H3,(H,30,31,33)/t24?,29-/m0/s1. The highest BCUT2D eigenvalue weighted by molar-refractivity contribution is 5.90. The van der Waals surface area contributed by atoms with E-state index >= 15 is 0 Å². The van der Waals surface area contributed by atoms with Crippen LogP contribution in [0.15, 0.2) is 55.4 Å². The van der Waals surface area contributed by atoms with Crippen molar-refractivity contribution in [1.82, 2.24) is 9.55 Å². The van der Waals surface area contributed by atoms with Gasteiger partial charge in [0.25, 0.3) is 0 Å². The number of imidazole rings is 1. The molecule has 1 fully saturated rings. The molecule has 0 bridgehead atoms. The largest absolute Gasteiger partial charge is 0.316 e. The third-order valence-corrected chi connectivity index (χ3v) is 7.65. The second-order valence-electron chi connectivity index (χ2n) is 9.79. The average Bonchev–Trinajstić information content (AvgIpc) is 3.51. The Balaban J connectivity index is 2.06. The van der Waals surface area contributed by atoms with Gasteiger partial charge in [-0.25, -0.2) is 4.98 Å². The topological polar surface area (TPSA) is 46.9 Å². The van der Waals surface area contributed by atoms with Crippen molar-refractivity contribution in [2.45, 2.75) is 96.4 Å². The lowest BCUT2D eigenvalue weighted by atomic mass is 9.59. The molecule has 1 saturated carbocycles. The molecule has 2 atom stereocenters. The van der Waals surface area contributed by atoms with E-state index in [0.717, 1.165) is 6.54 Å². The summed E-state index contributed by atoms with van der Waals surface area (Å²) in [6.07, 6.45) is 18.6. The molecule has 0 saturated heterocycles. The van der Waals surface area contributed by atoms with Gasteiger partial charge in [-0.2, -0.15) is 0 Å². The first-order chi connectivity index (χ1) is 16.2. The summed E-state index contributed by atoms with van der Waals surface area (Å²) in [5.41, 5.74) is 1.50. The first-order valence-electron chi connectivity index (χ1n) is 13.1. The van der Waals surface area contributed by atoms with Gasteiger partial charge in [0.1, 0.15) is 0 Å². The minimum atomic E-state index is -0.0586. The van der Waals surface area contributed by atoms with Crippen LogP contribution in [0.1, 0.15) is 90.0 Å². The molecular weight excluding hydrogens is 406 g/mol. The van der Waals surface area contributed by atoms with Gasteiger partial charge in [0.15, 0.2) is 0 Å². The van der Waals surface area contributed by atoms with Gasteiger partial charge in [0.2, 0.25) is 11.9 Å². The second-order valence-corrected chi connectivity index (χ2v) is 9.79. The van der Waals surface area contributed by atoms with Crippen LogP contribution in [0, 0.1) is 11.8 Å². The fourth-order valence-electron chi connectivity index (χ4n) is 6.14. The Labute approximate surface area is 200 Å². The number of rotatable bonds is 14. The summed E-state index contributed by atoms with van der Waals surface area (Å²) < 4.78 is 2.20. The molecule has 180 valence electrons. The predicted molar refractivity (Wildman–Crippen MR) is 138 cm³/mol. The number of amides is 1. The van der Waals surface area contributed by atoms with Crippen molar-refractivity contribution in [3.8, 4) is 0 Å². The van der Waals surface area contributed by atoms with Crippen molar-refractivity contribution in [2.24, 2.45) is 11.8 Å². The van der Waals surface area contributed by atoms with Crippen LogP contribution >= 0.6 is 0 Å². The Hall–Kier alpha value is -2.36. The fourth-order valence-corrected chi connectivity index (χ4v) is 6.14. The van der Waals surface area contributed by atoms with Crippen LogP contribution in [0.5, 0.6) is 0 Å². The number of aromatic nitrogens is 2. The van der Waals surface area contributed by atoms with Crippen molar-refractivity contribution < 1.29 is 4.79 Å². The highest BCUT2D eigenvalue weighted by atomic mass is 16.1. The van der Waals surface area contributed by atoms with Crippen molar-refractivity contribution in [3.63, 3.8) is 0 Å². The Morgan fingerprint density at radius 3 is 2.61 bits per heavy atom. The molecular formula is C29H43N3O. The third kappa shape index (κ3) is 6.16. The molecule has 0 aliphatic heterocycles. The molecule has 1 unspecified atom stereocenters. The maximum absolute atomic E-state index is 12.3. The molecule has 4 nitrogen and oxygen atoms in total. The maximum atomic E-state index is 12.3. The number of hydrogen-bond donors (Lipinski definition) is 1. The van der Waals surface area contributed by atoms with E-state index in [0.29, 0.717) is 24.2 Å². The summed E-state index contributed by atoms with van der Waals surface area (Å²) in [6, 6.07) is 11.2. The van der Waals surface area contributed by atoms with Crippen LogP contribution in [-0.2, 0) is 16.8 Å². The zero-order valence-corrected chi connectivity index (χ0v) is 20.8. The first-order valence-corrected chi connectivity index (χ1v) is 13.1. The van der Waals surface area contributed by atoms with E-state index < -0.39 is 0 Å². The molecule has 0 spiro atoms. The summed E-state index contributed by atoms with van der Waals surface area (Å²) in [4.78, 5) is 16.8. The van der Waals surface area contributed by atoms with Crippen LogP contribution in [0.2, 0.25) is 0 Å². The van der Waals surface area contributed by atoms with Gasteiger partial charge in [0.05, 0.1) is 0 Å². The van der Waals surface area contributed by atoms with Crippen molar-refractivity contribution in [2.75, 3.05) is 5.32 Å². The van der Waals surface area contributed by atoms with Gasteiger partial charge < -0.3 is 4.57 Å². The Bertz CT molecular complexity index is 853. The predicted octanol–water partition coefficient (Wildman–Crippen LogP) is 7.52. The average molecular weight is 450 g/mol. The molecule has 1 heterocycles. The van der Waals surface area contributed by atoms with Crippen LogP contribution in [-0.4, -0.2) is 15.5 Å². The minimum absolute atomic E-state index is 0.0418. The number of unbranched alkanes of at least 4 members (excludes halogenated alkanes) is 2.